The summed E-state index contributed by atoms with van der Waals surface area (Å²) in [6.07, 6.45) is 0. The molecule has 0 spiro atoms. The van der Waals surface area contributed by atoms with E-state index in [2.05, 4.69) is 5.32 Å². The molecule has 0 aromatic heterocycles. The van der Waals surface area contributed by atoms with Gasteiger partial charge in [0.2, 0.25) is 0 Å². The summed E-state index contributed by atoms with van der Waals surface area (Å²) < 4.78 is 10.3. The van der Waals surface area contributed by atoms with Crippen molar-refractivity contribution in [2.75, 3.05) is 19.0 Å². The zero-order chi connectivity index (χ0) is 21.7. The van der Waals surface area contributed by atoms with Crippen molar-refractivity contribution in [3.8, 4) is 5.75 Å². The van der Waals surface area contributed by atoms with E-state index < -0.39 is 29.3 Å². The largest absolute Gasteiger partial charge is 0.497 e. The van der Waals surface area contributed by atoms with E-state index in [1.54, 1.807) is 14.0 Å². The minimum absolute atomic E-state index is 0.0814. The molecule has 1 N–H and O–H groups in total. The van der Waals surface area contributed by atoms with Gasteiger partial charge in [-0.15, -0.1) is 0 Å². The van der Waals surface area contributed by atoms with Gasteiger partial charge in [0.25, 0.3) is 11.6 Å². The number of carbonyl (C=O) groups is 2. The van der Waals surface area contributed by atoms with Crippen LogP contribution >= 0.6 is 0 Å². The normalized spacial score (nSPS) is 11.5. The summed E-state index contributed by atoms with van der Waals surface area (Å²) in [5, 5.41) is 15.1. The molecule has 0 bridgehead atoms. The molecule has 3 aromatic carbocycles. The van der Waals surface area contributed by atoms with Crippen LogP contribution in [-0.2, 0) is 14.3 Å². The summed E-state index contributed by atoms with van der Waals surface area (Å²) in [7, 11) is 1.60. The topological polar surface area (TPSA) is 108 Å². The number of amides is 1. The van der Waals surface area contributed by atoms with Crippen LogP contribution in [-0.4, -0.2) is 30.5 Å². The Labute approximate surface area is 172 Å². The van der Waals surface area contributed by atoms with Crippen molar-refractivity contribution in [1.82, 2.24) is 0 Å². The lowest BCUT2D eigenvalue weighted by atomic mass is 9.98. The van der Waals surface area contributed by atoms with E-state index in [1.165, 1.54) is 24.3 Å². The second kappa shape index (κ2) is 9.04. The van der Waals surface area contributed by atoms with Gasteiger partial charge in [-0.05, 0) is 47.5 Å². The van der Waals surface area contributed by atoms with Crippen LogP contribution < -0.4 is 10.1 Å². The third-order valence-electron chi connectivity index (χ3n) is 4.63. The van der Waals surface area contributed by atoms with Crippen molar-refractivity contribution < 1.29 is 24.0 Å². The number of anilines is 1. The molecule has 0 aliphatic rings. The number of benzene rings is 3. The van der Waals surface area contributed by atoms with E-state index in [0.29, 0.717) is 5.69 Å². The van der Waals surface area contributed by atoms with Crippen molar-refractivity contribution in [3.05, 3.63) is 76.3 Å². The molecule has 3 rings (SSSR count). The van der Waals surface area contributed by atoms with Crippen molar-refractivity contribution in [2.24, 2.45) is 0 Å². The standard InChI is InChI=1S/C22H20N2O6/c1-14(15-3-4-17-12-20(29-2)10-5-16(17)11-15)22(26)30-13-21(25)23-18-6-8-19(9-7-18)24(27)28/h3-12,14H,13H2,1-2H3,(H,23,25)/t14-/m0/s1. The first-order valence-corrected chi connectivity index (χ1v) is 9.16. The van der Waals surface area contributed by atoms with E-state index in [9.17, 15) is 19.7 Å². The van der Waals surface area contributed by atoms with Crippen LogP contribution in [0.3, 0.4) is 0 Å². The lowest BCUT2D eigenvalue weighted by molar-refractivity contribution is -0.384. The van der Waals surface area contributed by atoms with Crippen LogP contribution in [0.15, 0.2) is 60.7 Å². The molecule has 0 aliphatic heterocycles. The number of rotatable bonds is 7. The molecule has 30 heavy (non-hydrogen) atoms. The van der Waals surface area contributed by atoms with Gasteiger partial charge in [0.1, 0.15) is 5.75 Å². The average molecular weight is 408 g/mol. The fourth-order valence-corrected chi connectivity index (χ4v) is 2.90. The Morgan fingerprint density at radius 2 is 1.70 bits per heavy atom. The van der Waals surface area contributed by atoms with Gasteiger partial charge in [-0.25, -0.2) is 0 Å². The van der Waals surface area contributed by atoms with E-state index in [4.69, 9.17) is 9.47 Å². The predicted octanol–water partition coefficient (Wildman–Crippen LogP) is 4.04. The molecule has 1 amide bonds. The number of ether oxygens (including phenoxy) is 2. The molecule has 0 saturated carbocycles. The van der Waals surface area contributed by atoms with Crippen molar-refractivity contribution >= 4 is 34.0 Å². The summed E-state index contributed by atoms with van der Waals surface area (Å²) in [5.74, 6) is -0.859. The average Bonchev–Trinajstić information content (AvgIpc) is 2.76. The molecule has 0 saturated heterocycles. The maximum Gasteiger partial charge on any atom is 0.313 e. The highest BCUT2D eigenvalue weighted by molar-refractivity contribution is 5.93. The molecular weight excluding hydrogens is 388 g/mol. The molecule has 1 atom stereocenters. The third kappa shape index (κ3) is 4.91. The van der Waals surface area contributed by atoms with E-state index in [0.717, 1.165) is 22.1 Å². The fourth-order valence-electron chi connectivity index (χ4n) is 2.90. The van der Waals surface area contributed by atoms with Gasteiger partial charge < -0.3 is 14.8 Å². The van der Waals surface area contributed by atoms with Gasteiger partial charge in [-0.2, -0.15) is 0 Å². The van der Waals surface area contributed by atoms with E-state index in [1.807, 2.05) is 36.4 Å². The second-order valence-electron chi connectivity index (χ2n) is 6.65. The Bertz CT molecular complexity index is 1090. The van der Waals surface area contributed by atoms with Crippen LogP contribution in [0.5, 0.6) is 5.75 Å². The first-order valence-electron chi connectivity index (χ1n) is 9.16. The first kappa shape index (κ1) is 20.8. The van der Waals surface area contributed by atoms with Crippen LogP contribution in [0.1, 0.15) is 18.4 Å². The van der Waals surface area contributed by atoms with Gasteiger partial charge in [-0.3, -0.25) is 19.7 Å². The van der Waals surface area contributed by atoms with Crippen molar-refractivity contribution in [1.29, 1.82) is 0 Å². The highest BCUT2D eigenvalue weighted by Crippen LogP contribution is 2.25. The summed E-state index contributed by atoms with van der Waals surface area (Å²) in [4.78, 5) is 34.5. The molecule has 0 aliphatic carbocycles. The molecule has 0 heterocycles. The molecule has 8 heteroatoms. The number of methoxy groups -OCH3 is 1. The summed E-state index contributed by atoms with van der Waals surface area (Å²) >= 11 is 0. The van der Waals surface area contributed by atoms with Gasteiger partial charge in [-0.1, -0.05) is 24.3 Å². The zero-order valence-corrected chi connectivity index (χ0v) is 16.5. The third-order valence-corrected chi connectivity index (χ3v) is 4.63. The number of nitrogens with zero attached hydrogens (tertiary/aromatic N) is 1. The van der Waals surface area contributed by atoms with E-state index in [-0.39, 0.29) is 5.69 Å². The molecule has 0 radical (unpaired) electrons. The van der Waals surface area contributed by atoms with Crippen molar-refractivity contribution in [2.45, 2.75) is 12.8 Å². The van der Waals surface area contributed by atoms with Crippen LogP contribution in [0.2, 0.25) is 0 Å². The molecular formula is C22H20N2O6. The Hall–Kier alpha value is -3.94. The summed E-state index contributed by atoms with van der Waals surface area (Å²) in [6.45, 7) is 1.26. The number of hydrogen-bond donors (Lipinski definition) is 1. The molecule has 8 nitrogen and oxygen atoms in total. The van der Waals surface area contributed by atoms with Crippen LogP contribution in [0, 0.1) is 10.1 Å². The Balaban J connectivity index is 1.57. The van der Waals surface area contributed by atoms with Crippen LogP contribution in [0.4, 0.5) is 11.4 Å². The van der Waals surface area contributed by atoms with Crippen molar-refractivity contribution in [3.63, 3.8) is 0 Å². The number of nitro benzene ring substituents is 1. The molecule has 154 valence electrons. The number of non-ortho nitro benzene ring substituents is 1. The quantitative estimate of drug-likeness (QED) is 0.359. The van der Waals surface area contributed by atoms with Crippen LogP contribution in [0.25, 0.3) is 10.8 Å². The maximum atomic E-state index is 12.4. The second-order valence-corrected chi connectivity index (χ2v) is 6.65. The molecule has 0 unspecified atom stereocenters. The number of hydrogen-bond acceptors (Lipinski definition) is 6. The minimum atomic E-state index is -0.552. The van der Waals surface area contributed by atoms with Gasteiger partial charge in [0.05, 0.1) is 18.0 Å². The fraction of sp³-hybridized carbons (Fsp3) is 0.182. The Kier molecular flexibility index (Phi) is 6.26. The number of nitro groups is 1. The highest BCUT2D eigenvalue weighted by atomic mass is 16.6. The van der Waals surface area contributed by atoms with E-state index >= 15 is 0 Å². The summed E-state index contributed by atoms with van der Waals surface area (Å²) in [5.41, 5.74) is 1.06. The molecule has 0 fully saturated rings. The van der Waals surface area contributed by atoms with Gasteiger partial charge in [0, 0.05) is 17.8 Å². The number of nitrogens with one attached hydrogen (secondary N) is 1. The first-order chi connectivity index (χ1) is 14.4. The predicted molar refractivity (Wildman–Crippen MR) is 112 cm³/mol. The van der Waals surface area contributed by atoms with Gasteiger partial charge in [0.15, 0.2) is 6.61 Å². The lowest BCUT2D eigenvalue weighted by Crippen LogP contribution is -2.23. The van der Waals surface area contributed by atoms with Gasteiger partial charge >= 0.3 is 5.97 Å². The highest BCUT2D eigenvalue weighted by Gasteiger charge is 2.18. The smallest absolute Gasteiger partial charge is 0.313 e. The number of esters is 1. The number of carbonyl (C=O) groups excluding carboxylic acids is 2. The zero-order valence-electron chi connectivity index (χ0n) is 16.5. The lowest BCUT2D eigenvalue weighted by Gasteiger charge is -2.13. The minimum Gasteiger partial charge on any atom is -0.497 e. The number of fused-ring (bicyclic) bond motifs is 1. The summed E-state index contributed by atoms with van der Waals surface area (Å²) in [6, 6.07) is 16.7. The molecule has 3 aromatic rings. The Morgan fingerprint density at radius 3 is 2.37 bits per heavy atom. The Morgan fingerprint density at radius 1 is 1.03 bits per heavy atom. The monoisotopic (exact) mass is 408 g/mol. The maximum absolute atomic E-state index is 12.4. The SMILES string of the molecule is COc1ccc2cc([C@H](C)C(=O)OCC(=O)Nc3ccc([N+](=O)[O-])cc3)ccc2c1.